The zero-order valence-corrected chi connectivity index (χ0v) is 13.2. The summed E-state index contributed by atoms with van der Waals surface area (Å²) in [7, 11) is 0. The van der Waals surface area contributed by atoms with E-state index in [2.05, 4.69) is 20.7 Å². The van der Waals surface area contributed by atoms with Crippen LogP contribution in [0.3, 0.4) is 0 Å². The molecule has 0 aliphatic carbocycles. The van der Waals surface area contributed by atoms with Gasteiger partial charge < -0.3 is 10.7 Å². The molecular formula is C15H20ClN5. The molecule has 0 saturated carbocycles. The van der Waals surface area contributed by atoms with E-state index in [1.165, 1.54) is 0 Å². The van der Waals surface area contributed by atoms with Gasteiger partial charge in [-0.2, -0.15) is 0 Å². The molecule has 5 nitrogen and oxygen atoms in total. The first-order chi connectivity index (χ1) is 10.0. The fourth-order valence-electron chi connectivity index (χ4n) is 1.93. The van der Waals surface area contributed by atoms with Crippen molar-refractivity contribution in [3.05, 3.63) is 46.2 Å². The van der Waals surface area contributed by atoms with Crippen LogP contribution in [0.15, 0.2) is 24.3 Å². The molecule has 0 bridgehead atoms. The number of halogens is 1. The number of anilines is 2. The standard InChI is InChI=1S/C15H20ClN5/c1-9(2)13-19-14(10(3)15(20-13)21-17)18-8-11-6-4-5-7-12(11)16/h4-7,9H,8,17H2,1-3H3,(H2,18,19,20,21). The number of hydrogen-bond donors (Lipinski definition) is 3. The van der Waals surface area contributed by atoms with Crippen LogP contribution in [0, 0.1) is 6.92 Å². The molecule has 0 aliphatic heterocycles. The topological polar surface area (TPSA) is 75.9 Å². The van der Waals surface area contributed by atoms with E-state index in [4.69, 9.17) is 17.4 Å². The van der Waals surface area contributed by atoms with Gasteiger partial charge in [0, 0.05) is 23.0 Å². The molecule has 1 heterocycles. The lowest BCUT2D eigenvalue weighted by Gasteiger charge is -2.15. The first-order valence-electron chi connectivity index (χ1n) is 6.85. The van der Waals surface area contributed by atoms with Gasteiger partial charge in [-0.15, -0.1) is 0 Å². The lowest BCUT2D eigenvalue weighted by atomic mass is 10.2. The summed E-state index contributed by atoms with van der Waals surface area (Å²) in [6, 6.07) is 7.73. The molecular weight excluding hydrogens is 286 g/mol. The monoisotopic (exact) mass is 305 g/mol. The Balaban J connectivity index is 2.27. The molecule has 2 aromatic rings. The number of rotatable bonds is 5. The minimum Gasteiger partial charge on any atom is -0.366 e. The minimum atomic E-state index is 0.221. The molecule has 0 saturated heterocycles. The number of aromatic nitrogens is 2. The molecule has 4 N–H and O–H groups in total. The fourth-order valence-corrected chi connectivity index (χ4v) is 2.13. The maximum Gasteiger partial charge on any atom is 0.148 e. The third-order valence-electron chi connectivity index (χ3n) is 3.22. The summed E-state index contributed by atoms with van der Waals surface area (Å²) in [6.45, 7) is 6.61. The summed E-state index contributed by atoms with van der Waals surface area (Å²) in [5, 5.41) is 4.04. The summed E-state index contributed by atoms with van der Waals surface area (Å²) >= 11 is 6.17. The van der Waals surface area contributed by atoms with Crippen molar-refractivity contribution < 1.29 is 0 Å². The Morgan fingerprint density at radius 2 is 1.86 bits per heavy atom. The van der Waals surface area contributed by atoms with Crippen molar-refractivity contribution in [2.45, 2.75) is 33.2 Å². The number of nitrogens with zero attached hydrogens (tertiary/aromatic N) is 2. The lowest BCUT2D eigenvalue weighted by molar-refractivity contribution is 0.772. The van der Waals surface area contributed by atoms with Gasteiger partial charge in [0.15, 0.2) is 0 Å². The molecule has 0 atom stereocenters. The lowest BCUT2D eigenvalue weighted by Crippen LogP contribution is -2.15. The van der Waals surface area contributed by atoms with Gasteiger partial charge in [-0.1, -0.05) is 43.6 Å². The fraction of sp³-hybridized carbons (Fsp3) is 0.333. The van der Waals surface area contributed by atoms with Crippen LogP contribution in [-0.4, -0.2) is 9.97 Å². The van der Waals surface area contributed by atoms with Gasteiger partial charge in [0.05, 0.1) is 0 Å². The van der Waals surface area contributed by atoms with E-state index in [9.17, 15) is 0 Å². The maximum atomic E-state index is 6.17. The van der Waals surface area contributed by atoms with Crippen LogP contribution in [-0.2, 0) is 6.54 Å². The van der Waals surface area contributed by atoms with E-state index >= 15 is 0 Å². The van der Waals surface area contributed by atoms with Crippen LogP contribution >= 0.6 is 11.6 Å². The molecule has 0 aliphatic rings. The number of nitrogen functional groups attached to an aromatic ring is 1. The highest BCUT2D eigenvalue weighted by molar-refractivity contribution is 6.31. The second-order valence-corrected chi connectivity index (χ2v) is 5.56. The predicted molar refractivity (Wildman–Crippen MR) is 87.4 cm³/mol. The maximum absolute atomic E-state index is 6.17. The van der Waals surface area contributed by atoms with Gasteiger partial charge in [0.1, 0.15) is 17.5 Å². The van der Waals surface area contributed by atoms with Crippen LogP contribution in [0.4, 0.5) is 11.6 Å². The van der Waals surface area contributed by atoms with Crippen molar-refractivity contribution in [2.24, 2.45) is 5.84 Å². The summed E-state index contributed by atoms with van der Waals surface area (Å²) in [5.41, 5.74) is 4.53. The summed E-state index contributed by atoms with van der Waals surface area (Å²) in [4.78, 5) is 8.97. The Labute approximate surface area is 129 Å². The Hall–Kier alpha value is -1.85. The van der Waals surface area contributed by atoms with Gasteiger partial charge in [0.2, 0.25) is 0 Å². The van der Waals surface area contributed by atoms with Crippen molar-refractivity contribution in [3.63, 3.8) is 0 Å². The molecule has 0 unspecified atom stereocenters. The molecule has 1 aromatic carbocycles. The zero-order chi connectivity index (χ0) is 15.4. The van der Waals surface area contributed by atoms with Crippen molar-refractivity contribution in [3.8, 4) is 0 Å². The summed E-state index contributed by atoms with van der Waals surface area (Å²) < 4.78 is 0. The summed E-state index contributed by atoms with van der Waals surface area (Å²) in [5.74, 6) is 7.90. The molecule has 2 rings (SSSR count). The Bertz CT molecular complexity index is 627. The highest BCUT2D eigenvalue weighted by Gasteiger charge is 2.12. The first kappa shape index (κ1) is 15.5. The van der Waals surface area contributed by atoms with Crippen LogP contribution in [0.5, 0.6) is 0 Å². The van der Waals surface area contributed by atoms with Crippen LogP contribution in [0.1, 0.15) is 36.7 Å². The van der Waals surface area contributed by atoms with Crippen molar-refractivity contribution in [2.75, 3.05) is 10.7 Å². The van der Waals surface area contributed by atoms with Crippen molar-refractivity contribution >= 4 is 23.2 Å². The molecule has 0 radical (unpaired) electrons. The molecule has 0 fully saturated rings. The Morgan fingerprint density at radius 3 is 2.48 bits per heavy atom. The van der Waals surface area contributed by atoms with Crippen molar-refractivity contribution in [1.29, 1.82) is 0 Å². The predicted octanol–water partition coefficient (Wildman–Crippen LogP) is 3.46. The highest BCUT2D eigenvalue weighted by Crippen LogP contribution is 2.24. The Kier molecular flexibility index (Phi) is 4.98. The van der Waals surface area contributed by atoms with Gasteiger partial charge in [-0.05, 0) is 18.6 Å². The third kappa shape index (κ3) is 3.62. The number of hydrogen-bond acceptors (Lipinski definition) is 5. The number of nitrogens with two attached hydrogens (primary N) is 1. The zero-order valence-electron chi connectivity index (χ0n) is 12.4. The van der Waals surface area contributed by atoms with Crippen LogP contribution < -0.4 is 16.6 Å². The number of nitrogens with one attached hydrogen (secondary N) is 2. The van der Waals surface area contributed by atoms with Gasteiger partial charge in [-0.25, -0.2) is 15.8 Å². The smallest absolute Gasteiger partial charge is 0.148 e. The average Bonchev–Trinajstić information content (AvgIpc) is 2.47. The van der Waals surface area contributed by atoms with E-state index in [1.807, 2.05) is 45.0 Å². The SMILES string of the molecule is Cc1c(NN)nc(C(C)C)nc1NCc1ccccc1Cl. The van der Waals surface area contributed by atoms with Crippen LogP contribution in [0.25, 0.3) is 0 Å². The van der Waals surface area contributed by atoms with E-state index in [-0.39, 0.29) is 5.92 Å². The largest absolute Gasteiger partial charge is 0.366 e. The van der Waals surface area contributed by atoms with Crippen molar-refractivity contribution in [1.82, 2.24) is 9.97 Å². The molecule has 1 aromatic heterocycles. The molecule has 21 heavy (non-hydrogen) atoms. The Morgan fingerprint density at radius 1 is 1.19 bits per heavy atom. The quantitative estimate of drug-likeness (QED) is 0.582. The summed E-state index contributed by atoms with van der Waals surface area (Å²) in [6.07, 6.45) is 0. The van der Waals surface area contributed by atoms with E-state index in [0.29, 0.717) is 12.4 Å². The highest BCUT2D eigenvalue weighted by atomic mass is 35.5. The third-order valence-corrected chi connectivity index (χ3v) is 3.59. The van der Waals surface area contributed by atoms with Gasteiger partial charge >= 0.3 is 0 Å². The van der Waals surface area contributed by atoms with Gasteiger partial charge in [-0.3, -0.25) is 0 Å². The minimum absolute atomic E-state index is 0.221. The second kappa shape index (κ2) is 6.74. The normalized spacial score (nSPS) is 10.8. The second-order valence-electron chi connectivity index (χ2n) is 5.15. The molecule has 112 valence electrons. The van der Waals surface area contributed by atoms with Crippen LogP contribution in [0.2, 0.25) is 5.02 Å². The van der Waals surface area contributed by atoms with E-state index in [1.54, 1.807) is 0 Å². The number of benzene rings is 1. The molecule has 0 amide bonds. The average molecular weight is 306 g/mol. The first-order valence-corrected chi connectivity index (χ1v) is 7.23. The van der Waals surface area contributed by atoms with E-state index < -0.39 is 0 Å². The van der Waals surface area contributed by atoms with Gasteiger partial charge in [0.25, 0.3) is 0 Å². The molecule has 6 heteroatoms. The number of hydrazine groups is 1. The van der Waals surface area contributed by atoms with E-state index in [0.717, 1.165) is 27.8 Å². The molecule has 0 spiro atoms.